The van der Waals surface area contributed by atoms with Crippen LogP contribution in [0, 0.1) is 0 Å². The minimum atomic E-state index is -1.75. The normalized spacial score (nSPS) is 34.6. The summed E-state index contributed by atoms with van der Waals surface area (Å²) in [5, 5.41) is 80.5. The maximum absolute atomic E-state index is 12.9. The van der Waals surface area contributed by atoms with E-state index in [0.29, 0.717) is 5.56 Å². The molecule has 2 saturated heterocycles. The van der Waals surface area contributed by atoms with Gasteiger partial charge >= 0.3 is 0 Å². The maximum Gasteiger partial charge on any atom is 0.229 e. The first kappa shape index (κ1) is 29.9. The number of aliphatic hydroxyl groups excluding tert-OH is 6. The molecular formula is C27H32O13. The number of ether oxygens (including phenoxy) is 4. The number of ketones is 1. The first-order valence-electron chi connectivity index (χ1n) is 12.5. The van der Waals surface area contributed by atoms with Crippen LogP contribution in [0.3, 0.4) is 0 Å². The van der Waals surface area contributed by atoms with Crippen LogP contribution in [-0.2, 0) is 14.2 Å². The van der Waals surface area contributed by atoms with Gasteiger partial charge in [-0.25, -0.2) is 0 Å². The van der Waals surface area contributed by atoms with E-state index in [2.05, 4.69) is 0 Å². The molecule has 2 aromatic carbocycles. The average molecular weight is 565 g/mol. The molecule has 2 aliphatic rings. The van der Waals surface area contributed by atoms with E-state index in [9.17, 15) is 45.6 Å². The van der Waals surface area contributed by atoms with Crippen LogP contribution in [-0.4, -0.2) is 115 Å². The summed E-state index contributed by atoms with van der Waals surface area (Å²) in [5.74, 6) is -0.819. The zero-order valence-electron chi connectivity index (χ0n) is 21.3. The molecule has 2 aromatic rings. The van der Waals surface area contributed by atoms with Crippen LogP contribution in [0.5, 0.6) is 17.2 Å². The molecule has 10 atom stereocenters. The van der Waals surface area contributed by atoms with Crippen LogP contribution < -0.4 is 4.74 Å². The summed E-state index contributed by atoms with van der Waals surface area (Å²) in [5.41, 5.74) is 0.659. The Hall–Kier alpha value is -3.11. The van der Waals surface area contributed by atoms with Gasteiger partial charge in [-0.2, -0.15) is 0 Å². The van der Waals surface area contributed by atoms with Crippen LogP contribution in [0.15, 0.2) is 48.5 Å². The van der Waals surface area contributed by atoms with Crippen molar-refractivity contribution in [1.29, 1.82) is 0 Å². The van der Waals surface area contributed by atoms with E-state index in [1.165, 1.54) is 43.3 Å². The third kappa shape index (κ3) is 6.44. The first-order valence-corrected chi connectivity index (χ1v) is 12.5. The molecule has 2 heterocycles. The maximum atomic E-state index is 12.9. The molecule has 218 valence electrons. The molecule has 0 aromatic heterocycles. The van der Waals surface area contributed by atoms with Crippen molar-refractivity contribution in [1.82, 2.24) is 0 Å². The molecule has 40 heavy (non-hydrogen) atoms. The fourth-order valence-electron chi connectivity index (χ4n) is 4.41. The van der Waals surface area contributed by atoms with Crippen molar-refractivity contribution in [2.45, 2.75) is 68.3 Å². The third-order valence-corrected chi connectivity index (χ3v) is 6.71. The first-order chi connectivity index (χ1) is 19.0. The van der Waals surface area contributed by atoms with Crippen LogP contribution in [0.25, 0.3) is 6.08 Å². The molecular weight excluding hydrogens is 532 g/mol. The van der Waals surface area contributed by atoms with Crippen molar-refractivity contribution in [2.75, 3.05) is 6.61 Å². The van der Waals surface area contributed by atoms with Crippen molar-refractivity contribution in [3.05, 3.63) is 59.7 Å². The van der Waals surface area contributed by atoms with Crippen LogP contribution >= 0.6 is 0 Å². The quantitative estimate of drug-likeness (QED) is 0.143. The zero-order chi connectivity index (χ0) is 29.1. The number of phenolic OH excluding ortho intramolecular Hbond substituents is 2. The van der Waals surface area contributed by atoms with E-state index in [0.717, 1.165) is 6.07 Å². The Morgan fingerprint density at radius 2 is 1.50 bits per heavy atom. The molecule has 0 amide bonds. The van der Waals surface area contributed by atoms with E-state index in [-0.39, 0.29) is 22.8 Å². The predicted octanol–water partition coefficient (Wildman–Crippen LogP) is -0.976. The Bertz CT molecular complexity index is 1180. The van der Waals surface area contributed by atoms with Gasteiger partial charge in [0.25, 0.3) is 0 Å². The van der Waals surface area contributed by atoms with Crippen LogP contribution in [0.2, 0.25) is 0 Å². The summed E-state index contributed by atoms with van der Waals surface area (Å²) in [6, 6.07) is 9.86. The molecule has 8 N–H and O–H groups in total. The second kappa shape index (κ2) is 12.6. The van der Waals surface area contributed by atoms with Gasteiger partial charge in [0.15, 0.2) is 12.1 Å². The van der Waals surface area contributed by atoms with Gasteiger partial charge in [0.05, 0.1) is 18.3 Å². The fraction of sp³-hybridized carbons (Fsp3) is 0.444. The summed E-state index contributed by atoms with van der Waals surface area (Å²) < 4.78 is 22.3. The average Bonchev–Trinajstić information content (AvgIpc) is 2.93. The highest BCUT2D eigenvalue weighted by Gasteiger charge is 2.50. The van der Waals surface area contributed by atoms with Gasteiger partial charge in [-0.1, -0.05) is 18.2 Å². The van der Waals surface area contributed by atoms with Crippen LogP contribution in [0.4, 0.5) is 0 Å². The zero-order valence-corrected chi connectivity index (χ0v) is 21.3. The van der Waals surface area contributed by atoms with E-state index in [4.69, 9.17) is 18.9 Å². The number of benzene rings is 2. The molecule has 2 aliphatic heterocycles. The number of aliphatic hydroxyl groups is 6. The highest BCUT2D eigenvalue weighted by atomic mass is 16.7. The molecule has 0 saturated carbocycles. The summed E-state index contributed by atoms with van der Waals surface area (Å²) in [6.45, 7) is 0.785. The van der Waals surface area contributed by atoms with Gasteiger partial charge < -0.3 is 59.8 Å². The molecule has 0 unspecified atom stereocenters. The van der Waals surface area contributed by atoms with Crippen molar-refractivity contribution in [3.8, 4) is 17.2 Å². The number of carbonyl (C=O) groups excluding carboxylic acids is 1. The smallest absolute Gasteiger partial charge is 0.229 e. The standard InChI is InChI=1S/C27H32O13/c1-12-25(40-27-23(35)21(33)20(32)19(11-28)39-27)22(34)24(36)26(37-12)38-18-10-15(30)7-8-16(18)17(31)9-4-13-2-5-14(29)6-3-13/h2-10,12,19-30,32-36H,11H2,1H3/t12-,19+,20+,21-,22-,23+,24+,25-,26-,27-/m0/s1. The minimum Gasteiger partial charge on any atom is -0.508 e. The largest absolute Gasteiger partial charge is 0.508 e. The predicted molar refractivity (Wildman–Crippen MR) is 135 cm³/mol. The van der Waals surface area contributed by atoms with Crippen molar-refractivity contribution < 1.29 is 64.6 Å². The summed E-state index contributed by atoms with van der Waals surface area (Å²) in [4.78, 5) is 12.9. The summed E-state index contributed by atoms with van der Waals surface area (Å²) >= 11 is 0. The lowest BCUT2D eigenvalue weighted by Gasteiger charge is -2.45. The Kier molecular flexibility index (Phi) is 9.41. The molecule has 0 radical (unpaired) electrons. The monoisotopic (exact) mass is 564 g/mol. The lowest BCUT2D eigenvalue weighted by atomic mass is 9.97. The molecule has 0 bridgehead atoms. The number of hydrogen-bond acceptors (Lipinski definition) is 13. The highest BCUT2D eigenvalue weighted by molar-refractivity contribution is 6.08. The number of allylic oxidation sites excluding steroid dienone is 1. The molecule has 13 heteroatoms. The molecule has 0 spiro atoms. The van der Waals surface area contributed by atoms with E-state index in [1.807, 2.05) is 0 Å². The second-order valence-corrected chi connectivity index (χ2v) is 9.58. The summed E-state index contributed by atoms with van der Waals surface area (Å²) in [6.07, 6.45) is -12.4. The lowest BCUT2D eigenvalue weighted by Crippen LogP contribution is -2.64. The van der Waals surface area contributed by atoms with Gasteiger partial charge in [0.1, 0.15) is 60.0 Å². The number of phenols is 2. The van der Waals surface area contributed by atoms with Gasteiger partial charge in [0, 0.05) is 6.07 Å². The minimum absolute atomic E-state index is 0.0189. The fourth-order valence-corrected chi connectivity index (χ4v) is 4.41. The molecule has 2 fully saturated rings. The third-order valence-electron chi connectivity index (χ3n) is 6.71. The lowest BCUT2D eigenvalue weighted by molar-refractivity contribution is -0.348. The molecule has 4 rings (SSSR count). The van der Waals surface area contributed by atoms with Crippen molar-refractivity contribution >= 4 is 11.9 Å². The Morgan fingerprint density at radius 3 is 2.17 bits per heavy atom. The van der Waals surface area contributed by atoms with E-state index in [1.54, 1.807) is 12.1 Å². The van der Waals surface area contributed by atoms with Gasteiger partial charge in [-0.15, -0.1) is 0 Å². The van der Waals surface area contributed by atoms with Crippen LogP contribution in [0.1, 0.15) is 22.8 Å². The van der Waals surface area contributed by atoms with E-state index >= 15 is 0 Å². The van der Waals surface area contributed by atoms with Gasteiger partial charge in [-0.3, -0.25) is 4.79 Å². The summed E-state index contributed by atoms with van der Waals surface area (Å²) in [7, 11) is 0. The number of carbonyl (C=O) groups is 1. The van der Waals surface area contributed by atoms with E-state index < -0.39 is 73.8 Å². The molecule has 13 nitrogen and oxygen atoms in total. The SMILES string of the molecule is C[C@@H]1O[C@@H](Oc2cc(O)ccc2C(=O)C=Cc2ccc(O)cc2)[C@H](O)[C@H](O)[C@H]1O[C@@H]1O[C@H](CO)[C@@H](O)[C@H](O)[C@H]1O. The number of rotatable bonds is 8. The number of hydrogen-bond donors (Lipinski definition) is 8. The Labute approximate surface area is 228 Å². The van der Waals surface area contributed by atoms with Gasteiger partial charge in [-0.05, 0) is 42.8 Å². The topological polar surface area (TPSA) is 216 Å². The second-order valence-electron chi connectivity index (χ2n) is 9.58. The van der Waals surface area contributed by atoms with Gasteiger partial charge in [0.2, 0.25) is 6.29 Å². The Morgan fingerprint density at radius 1 is 0.850 bits per heavy atom. The molecule has 0 aliphatic carbocycles. The van der Waals surface area contributed by atoms with Crippen molar-refractivity contribution in [3.63, 3.8) is 0 Å². The highest BCUT2D eigenvalue weighted by Crippen LogP contribution is 2.32. The van der Waals surface area contributed by atoms with Crippen molar-refractivity contribution in [2.24, 2.45) is 0 Å². The Balaban J connectivity index is 1.47. The number of aromatic hydroxyl groups is 2.